The molecule has 94 valence electrons. The van der Waals surface area contributed by atoms with Gasteiger partial charge in [0.15, 0.2) is 6.61 Å². The fraction of sp³-hybridized carbons (Fsp3) is 0.417. The minimum Gasteiger partial charge on any atom is -0.482 e. The molecule has 1 aromatic carbocycles. The topological polar surface area (TPSA) is 38.3 Å². The Morgan fingerprint density at radius 3 is 2.76 bits per heavy atom. The summed E-state index contributed by atoms with van der Waals surface area (Å²) < 4.78 is 5.30. The molecule has 1 rings (SSSR count). The summed E-state index contributed by atoms with van der Waals surface area (Å²) in [5.41, 5.74) is 0. The van der Waals surface area contributed by atoms with Gasteiger partial charge in [-0.25, -0.2) is 0 Å². The summed E-state index contributed by atoms with van der Waals surface area (Å²) in [7, 11) is 0. The van der Waals surface area contributed by atoms with Crippen LogP contribution in [0.5, 0.6) is 5.75 Å². The highest BCUT2D eigenvalue weighted by Crippen LogP contribution is 2.27. The van der Waals surface area contributed by atoms with Crippen LogP contribution in [0.4, 0.5) is 0 Å². The van der Waals surface area contributed by atoms with Gasteiger partial charge in [0, 0.05) is 11.1 Å². The van der Waals surface area contributed by atoms with Crippen LogP contribution in [0.25, 0.3) is 0 Å². The summed E-state index contributed by atoms with van der Waals surface area (Å²) in [6.45, 7) is 3.89. The predicted octanol–water partition coefficient (Wildman–Crippen LogP) is 3.29. The van der Waals surface area contributed by atoms with Crippen molar-refractivity contribution in [1.29, 1.82) is 0 Å². The van der Waals surface area contributed by atoms with E-state index in [2.05, 4.69) is 5.32 Å². The van der Waals surface area contributed by atoms with E-state index in [0.29, 0.717) is 15.8 Å². The SMILES string of the molecule is CCC(C)NC(=O)COc1ccc(Cl)cc1Cl. The summed E-state index contributed by atoms with van der Waals surface area (Å²) >= 11 is 11.7. The van der Waals surface area contributed by atoms with Crippen LogP contribution < -0.4 is 10.1 Å². The minimum absolute atomic E-state index is 0.0499. The van der Waals surface area contributed by atoms with Crippen LogP contribution in [0, 0.1) is 0 Å². The Kier molecular flexibility index (Phi) is 5.59. The van der Waals surface area contributed by atoms with Crippen molar-refractivity contribution in [1.82, 2.24) is 5.32 Å². The van der Waals surface area contributed by atoms with E-state index in [-0.39, 0.29) is 18.6 Å². The van der Waals surface area contributed by atoms with E-state index >= 15 is 0 Å². The zero-order valence-corrected chi connectivity index (χ0v) is 11.3. The molecule has 0 spiro atoms. The second-order valence-corrected chi connectivity index (χ2v) is 4.58. The molecule has 0 bridgehead atoms. The molecule has 1 atom stereocenters. The van der Waals surface area contributed by atoms with Gasteiger partial charge in [0.25, 0.3) is 5.91 Å². The van der Waals surface area contributed by atoms with E-state index in [4.69, 9.17) is 27.9 Å². The third-order valence-electron chi connectivity index (χ3n) is 2.27. The predicted molar refractivity (Wildman–Crippen MR) is 69.9 cm³/mol. The van der Waals surface area contributed by atoms with Crippen molar-refractivity contribution in [2.24, 2.45) is 0 Å². The van der Waals surface area contributed by atoms with Crippen molar-refractivity contribution >= 4 is 29.1 Å². The highest BCUT2D eigenvalue weighted by molar-refractivity contribution is 6.35. The first kappa shape index (κ1) is 14.1. The number of ether oxygens (including phenoxy) is 1. The van der Waals surface area contributed by atoms with Crippen molar-refractivity contribution in [2.75, 3.05) is 6.61 Å². The van der Waals surface area contributed by atoms with Gasteiger partial charge in [-0.3, -0.25) is 4.79 Å². The van der Waals surface area contributed by atoms with Crippen molar-refractivity contribution in [3.8, 4) is 5.75 Å². The number of amides is 1. The molecule has 5 heteroatoms. The fourth-order valence-electron chi connectivity index (χ4n) is 1.15. The molecule has 1 aromatic rings. The minimum atomic E-state index is -0.162. The van der Waals surface area contributed by atoms with Gasteiger partial charge in [0.05, 0.1) is 5.02 Å². The van der Waals surface area contributed by atoms with E-state index in [0.717, 1.165) is 6.42 Å². The summed E-state index contributed by atoms with van der Waals surface area (Å²) in [5.74, 6) is 0.292. The maximum absolute atomic E-state index is 11.5. The average Bonchev–Trinajstić information content (AvgIpc) is 2.27. The number of benzene rings is 1. The lowest BCUT2D eigenvalue weighted by Gasteiger charge is -2.12. The van der Waals surface area contributed by atoms with E-state index in [1.54, 1.807) is 18.2 Å². The van der Waals surface area contributed by atoms with Crippen LogP contribution in [0.3, 0.4) is 0 Å². The Hall–Kier alpha value is -0.930. The Labute approximate surface area is 111 Å². The first-order valence-electron chi connectivity index (χ1n) is 5.40. The van der Waals surface area contributed by atoms with Gasteiger partial charge < -0.3 is 10.1 Å². The number of hydrogen-bond acceptors (Lipinski definition) is 2. The van der Waals surface area contributed by atoms with Gasteiger partial charge in [-0.1, -0.05) is 30.1 Å². The smallest absolute Gasteiger partial charge is 0.258 e. The summed E-state index contributed by atoms with van der Waals surface area (Å²) in [5, 5.41) is 3.73. The number of hydrogen-bond donors (Lipinski definition) is 1. The first-order valence-corrected chi connectivity index (χ1v) is 6.15. The Morgan fingerprint density at radius 2 is 2.18 bits per heavy atom. The van der Waals surface area contributed by atoms with Crippen LogP contribution in [0.2, 0.25) is 10.0 Å². The van der Waals surface area contributed by atoms with Gasteiger partial charge in [0.1, 0.15) is 5.75 Å². The van der Waals surface area contributed by atoms with Crippen LogP contribution in [-0.2, 0) is 4.79 Å². The molecule has 0 heterocycles. The van der Waals surface area contributed by atoms with Crippen LogP contribution in [-0.4, -0.2) is 18.6 Å². The number of rotatable bonds is 5. The van der Waals surface area contributed by atoms with Crippen molar-refractivity contribution in [3.63, 3.8) is 0 Å². The molecule has 0 saturated carbocycles. The van der Waals surface area contributed by atoms with E-state index < -0.39 is 0 Å². The fourth-order valence-corrected chi connectivity index (χ4v) is 1.62. The van der Waals surface area contributed by atoms with E-state index in [1.165, 1.54) is 0 Å². The molecule has 0 aromatic heterocycles. The van der Waals surface area contributed by atoms with E-state index in [1.807, 2.05) is 13.8 Å². The lowest BCUT2D eigenvalue weighted by atomic mass is 10.2. The molecule has 0 aliphatic heterocycles. The Morgan fingerprint density at radius 1 is 1.47 bits per heavy atom. The zero-order chi connectivity index (χ0) is 12.8. The van der Waals surface area contributed by atoms with Crippen LogP contribution in [0.15, 0.2) is 18.2 Å². The quantitative estimate of drug-likeness (QED) is 0.896. The molecule has 0 saturated heterocycles. The second kappa shape index (κ2) is 6.72. The van der Waals surface area contributed by atoms with Crippen molar-refractivity contribution < 1.29 is 9.53 Å². The third-order valence-corrected chi connectivity index (χ3v) is 2.80. The monoisotopic (exact) mass is 275 g/mol. The molecule has 0 radical (unpaired) electrons. The van der Waals surface area contributed by atoms with Gasteiger partial charge in [-0.05, 0) is 31.5 Å². The van der Waals surface area contributed by atoms with Gasteiger partial charge >= 0.3 is 0 Å². The molecule has 1 N–H and O–H groups in total. The van der Waals surface area contributed by atoms with Crippen LogP contribution in [0.1, 0.15) is 20.3 Å². The number of carbonyl (C=O) groups excluding carboxylic acids is 1. The normalized spacial score (nSPS) is 12.0. The Balaban J connectivity index is 2.47. The molecular weight excluding hydrogens is 261 g/mol. The third kappa shape index (κ3) is 4.84. The molecule has 1 amide bonds. The number of halogens is 2. The first-order chi connectivity index (χ1) is 8.02. The molecule has 0 aliphatic carbocycles. The molecule has 17 heavy (non-hydrogen) atoms. The summed E-state index contributed by atoms with van der Waals surface area (Å²) in [6.07, 6.45) is 0.882. The number of nitrogens with one attached hydrogen (secondary N) is 1. The van der Waals surface area contributed by atoms with Crippen LogP contribution >= 0.6 is 23.2 Å². The molecule has 0 fully saturated rings. The van der Waals surface area contributed by atoms with Crippen molar-refractivity contribution in [3.05, 3.63) is 28.2 Å². The maximum Gasteiger partial charge on any atom is 0.258 e. The van der Waals surface area contributed by atoms with Crippen molar-refractivity contribution in [2.45, 2.75) is 26.3 Å². The van der Waals surface area contributed by atoms with Gasteiger partial charge in [-0.15, -0.1) is 0 Å². The maximum atomic E-state index is 11.5. The highest BCUT2D eigenvalue weighted by atomic mass is 35.5. The Bertz CT molecular complexity index is 396. The lowest BCUT2D eigenvalue weighted by Crippen LogP contribution is -2.35. The number of carbonyl (C=O) groups is 1. The molecule has 0 aliphatic rings. The largest absolute Gasteiger partial charge is 0.482 e. The van der Waals surface area contributed by atoms with Gasteiger partial charge in [-0.2, -0.15) is 0 Å². The molecular formula is C12H15Cl2NO2. The molecule has 1 unspecified atom stereocenters. The zero-order valence-electron chi connectivity index (χ0n) is 9.80. The summed E-state index contributed by atoms with van der Waals surface area (Å²) in [6, 6.07) is 5.02. The van der Waals surface area contributed by atoms with Gasteiger partial charge in [0.2, 0.25) is 0 Å². The summed E-state index contributed by atoms with van der Waals surface area (Å²) in [4.78, 5) is 11.5. The second-order valence-electron chi connectivity index (χ2n) is 3.74. The standard InChI is InChI=1S/C12H15Cl2NO2/c1-3-8(2)15-12(16)7-17-11-5-4-9(13)6-10(11)14/h4-6,8H,3,7H2,1-2H3,(H,15,16). The average molecular weight is 276 g/mol. The highest BCUT2D eigenvalue weighted by Gasteiger charge is 2.08. The lowest BCUT2D eigenvalue weighted by molar-refractivity contribution is -0.123. The molecule has 3 nitrogen and oxygen atoms in total. The van der Waals surface area contributed by atoms with E-state index in [9.17, 15) is 4.79 Å².